The van der Waals surface area contributed by atoms with E-state index in [1.807, 2.05) is 24.5 Å². The van der Waals surface area contributed by atoms with Crippen molar-refractivity contribution in [2.24, 2.45) is 0 Å². The van der Waals surface area contributed by atoms with E-state index in [0.29, 0.717) is 17.5 Å². The highest BCUT2D eigenvalue weighted by molar-refractivity contribution is 7.99. The van der Waals surface area contributed by atoms with Crippen LogP contribution < -0.4 is 0 Å². The van der Waals surface area contributed by atoms with Gasteiger partial charge in [-0.25, -0.2) is 0 Å². The molecular formula is C21H18F3N5O2S. The highest BCUT2D eigenvalue weighted by atomic mass is 32.2. The number of aromatic nitrogens is 5. The highest BCUT2D eigenvalue weighted by Gasteiger charge is 2.31. The van der Waals surface area contributed by atoms with Crippen LogP contribution in [0.3, 0.4) is 0 Å². The van der Waals surface area contributed by atoms with E-state index in [1.54, 1.807) is 12.3 Å². The Labute approximate surface area is 185 Å². The number of allylic oxidation sites excluding steroid dienone is 1. The topological polar surface area (TPSA) is 82.8 Å². The second-order valence-electron chi connectivity index (χ2n) is 6.89. The second-order valence-corrected chi connectivity index (χ2v) is 8.20. The zero-order valence-electron chi connectivity index (χ0n) is 17.1. The van der Waals surface area contributed by atoms with Crippen LogP contribution in [0.4, 0.5) is 13.2 Å². The average molecular weight is 461 g/mol. The third kappa shape index (κ3) is 4.33. The number of alkyl halides is 3. The maximum Gasteiger partial charge on any atom is 0.416 e. The molecule has 0 aliphatic heterocycles. The molecule has 0 aliphatic carbocycles. The van der Waals surface area contributed by atoms with Gasteiger partial charge in [-0.15, -0.1) is 16.8 Å². The number of thioether (sulfide) groups is 1. The molecule has 4 aromatic rings. The molecule has 0 N–H and O–H groups in total. The number of furan rings is 1. The number of hydrogen-bond acceptors (Lipinski definition) is 7. The molecule has 0 saturated carbocycles. The van der Waals surface area contributed by atoms with Gasteiger partial charge in [0.2, 0.25) is 11.7 Å². The van der Waals surface area contributed by atoms with Crippen molar-refractivity contribution in [2.75, 3.05) is 0 Å². The number of nitrogens with zero attached hydrogens (tertiary/aromatic N) is 5. The lowest BCUT2D eigenvalue weighted by Gasteiger charge is -2.09. The van der Waals surface area contributed by atoms with Crippen molar-refractivity contribution in [2.45, 2.75) is 37.0 Å². The second kappa shape index (κ2) is 8.65. The number of rotatable bonds is 7. The van der Waals surface area contributed by atoms with Crippen molar-refractivity contribution >= 4 is 11.8 Å². The lowest BCUT2D eigenvalue weighted by molar-refractivity contribution is -0.137. The molecule has 4 rings (SSSR count). The molecule has 0 bridgehead atoms. The van der Waals surface area contributed by atoms with E-state index >= 15 is 0 Å². The summed E-state index contributed by atoms with van der Waals surface area (Å²) >= 11 is 1.34. The first-order valence-electron chi connectivity index (χ1n) is 9.54. The molecule has 0 radical (unpaired) electrons. The zero-order chi connectivity index (χ0) is 22.9. The third-order valence-corrected chi connectivity index (χ3v) is 5.72. The maximum absolute atomic E-state index is 13.0. The lowest BCUT2D eigenvalue weighted by Crippen LogP contribution is -2.04. The molecule has 0 saturated heterocycles. The van der Waals surface area contributed by atoms with Crippen molar-refractivity contribution in [3.05, 3.63) is 66.5 Å². The largest absolute Gasteiger partial charge is 0.469 e. The molecule has 7 nitrogen and oxygen atoms in total. The van der Waals surface area contributed by atoms with E-state index < -0.39 is 11.7 Å². The summed E-state index contributed by atoms with van der Waals surface area (Å²) in [6, 6.07) is 6.61. The first-order valence-corrected chi connectivity index (χ1v) is 10.4. The van der Waals surface area contributed by atoms with E-state index in [1.165, 1.54) is 23.9 Å². The summed E-state index contributed by atoms with van der Waals surface area (Å²) < 4.78 is 51.6. The monoisotopic (exact) mass is 461 g/mol. The summed E-state index contributed by atoms with van der Waals surface area (Å²) in [5, 5.41) is 12.7. The first-order chi connectivity index (χ1) is 15.3. The van der Waals surface area contributed by atoms with Crippen LogP contribution in [-0.4, -0.2) is 24.9 Å². The van der Waals surface area contributed by atoms with Crippen LogP contribution in [0.1, 0.15) is 29.4 Å². The molecule has 166 valence electrons. The van der Waals surface area contributed by atoms with Crippen LogP contribution >= 0.6 is 11.8 Å². The third-order valence-electron chi connectivity index (χ3n) is 4.65. The fourth-order valence-corrected chi connectivity index (χ4v) is 3.94. The minimum absolute atomic E-state index is 0.0841. The van der Waals surface area contributed by atoms with E-state index in [0.717, 1.165) is 23.5 Å². The number of benzene rings is 1. The Balaban J connectivity index is 1.58. The van der Waals surface area contributed by atoms with Crippen LogP contribution in [0.2, 0.25) is 0 Å². The van der Waals surface area contributed by atoms with E-state index in [2.05, 4.69) is 26.9 Å². The SMILES string of the molecule is C=CCn1c(SC(C)c2nc(-c3cccc(C(F)(F)F)c3)no2)nnc1-c1ccoc1C. The van der Waals surface area contributed by atoms with Gasteiger partial charge >= 0.3 is 6.18 Å². The van der Waals surface area contributed by atoms with Gasteiger partial charge in [0.15, 0.2) is 11.0 Å². The summed E-state index contributed by atoms with van der Waals surface area (Å²) in [6.45, 7) is 7.94. The maximum atomic E-state index is 13.0. The van der Waals surface area contributed by atoms with Gasteiger partial charge in [0.05, 0.1) is 22.6 Å². The molecule has 1 atom stereocenters. The fraction of sp³-hybridized carbons (Fsp3) is 0.238. The Bertz CT molecular complexity index is 1240. The van der Waals surface area contributed by atoms with Gasteiger partial charge in [-0.3, -0.25) is 4.57 Å². The number of halogens is 3. The molecule has 11 heteroatoms. The van der Waals surface area contributed by atoms with E-state index in [4.69, 9.17) is 8.94 Å². The normalized spacial score (nSPS) is 12.8. The van der Waals surface area contributed by atoms with Crippen LogP contribution in [0.15, 0.2) is 63.3 Å². The summed E-state index contributed by atoms with van der Waals surface area (Å²) in [5.74, 6) is 1.70. The predicted molar refractivity (Wildman–Crippen MR) is 112 cm³/mol. The zero-order valence-corrected chi connectivity index (χ0v) is 17.9. The van der Waals surface area contributed by atoms with E-state index in [9.17, 15) is 13.2 Å². The number of hydrogen-bond donors (Lipinski definition) is 0. The van der Waals surface area contributed by atoms with Gasteiger partial charge in [-0.05, 0) is 32.0 Å². The van der Waals surface area contributed by atoms with Crippen molar-refractivity contribution in [1.82, 2.24) is 24.9 Å². The molecule has 0 aliphatic rings. The van der Waals surface area contributed by atoms with E-state index in [-0.39, 0.29) is 22.5 Å². The molecule has 32 heavy (non-hydrogen) atoms. The van der Waals surface area contributed by atoms with Gasteiger partial charge in [-0.2, -0.15) is 18.2 Å². The molecular weight excluding hydrogens is 443 g/mol. The quantitative estimate of drug-likeness (QED) is 0.248. The molecule has 3 heterocycles. The Morgan fingerprint density at radius 1 is 1.25 bits per heavy atom. The number of aryl methyl sites for hydroxylation is 1. The van der Waals surface area contributed by atoms with Crippen LogP contribution in [-0.2, 0) is 12.7 Å². The Hall–Kier alpha value is -3.34. The first kappa shape index (κ1) is 21.9. The molecule has 1 aromatic carbocycles. The summed E-state index contributed by atoms with van der Waals surface area (Å²) in [4.78, 5) is 4.29. The summed E-state index contributed by atoms with van der Waals surface area (Å²) in [7, 11) is 0. The van der Waals surface area contributed by atoms with Crippen LogP contribution in [0, 0.1) is 6.92 Å². The van der Waals surface area contributed by atoms with Crippen molar-refractivity contribution in [3.63, 3.8) is 0 Å². The van der Waals surface area contributed by atoms with Gasteiger partial charge < -0.3 is 8.94 Å². The average Bonchev–Trinajstić information content (AvgIpc) is 3.49. The molecule has 0 fully saturated rings. The smallest absolute Gasteiger partial charge is 0.416 e. The predicted octanol–water partition coefficient (Wildman–Crippen LogP) is 5.95. The molecule has 0 amide bonds. The Morgan fingerprint density at radius 2 is 2.06 bits per heavy atom. The molecule has 0 spiro atoms. The summed E-state index contributed by atoms with van der Waals surface area (Å²) in [6.07, 6.45) is -1.14. The van der Waals surface area contributed by atoms with Gasteiger partial charge in [-0.1, -0.05) is 35.1 Å². The van der Waals surface area contributed by atoms with Crippen molar-refractivity contribution in [1.29, 1.82) is 0 Å². The van der Waals surface area contributed by atoms with Gasteiger partial charge in [0, 0.05) is 12.1 Å². The standard InChI is InChI=1S/C21H18F3N5O2S/c1-4-9-29-18(16-8-10-30-12(16)2)26-27-20(29)32-13(3)19-25-17(28-31-19)14-6-5-7-15(11-14)21(22,23)24/h4-8,10-11,13H,1,9H2,2-3H3. The van der Waals surface area contributed by atoms with Gasteiger partial charge in [0.25, 0.3) is 0 Å². The van der Waals surface area contributed by atoms with Crippen molar-refractivity contribution in [3.8, 4) is 22.8 Å². The molecule has 1 unspecified atom stereocenters. The fourth-order valence-electron chi connectivity index (χ4n) is 3.05. The van der Waals surface area contributed by atoms with Crippen LogP contribution in [0.5, 0.6) is 0 Å². The minimum Gasteiger partial charge on any atom is -0.469 e. The molecule has 3 aromatic heterocycles. The highest BCUT2D eigenvalue weighted by Crippen LogP contribution is 2.36. The van der Waals surface area contributed by atoms with Crippen LogP contribution in [0.25, 0.3) is 22.8 Å². The van der Waals surface area contributed by atoms with Crippen molar-refractivity contribution < 1.29 is 22.1 Å². The lowest BCUT2D eigenvalue weighted by atomic mass is 10.1. The Morgan fingerprint density at radius 3 is 2.75 bits per heavy atom. The van der Waals surface area contributed by atoms with Gasteiger partial charge in [0.1, 0.15) is 5.76 Å². The Kier molecular flexibility index (Phi) is 5.92. The summed E-state index contributed by atoms with van der Waals surface area (Å²) in [5.41, 5.74) is 0.270. The minimum atomic E-state index is -4.45.